The topological polar surface area (TPSA) is 23.6 Å². The van der Waals surface area contributed by atoms with Crippen LogP contribution in [0, 0.1) is 0 Å². The third kappa shape index (κ3) is 4.58. The lowest BCUT2D eigenvalue weighted by atomic mass is 10.3. The lowest BCUT2D eigenvalue weighted by Crippen LogP contribution is -2.35. The first kappa shape index (κ1) is 14.4. The molecule has 0 saturated carbocycles. The summed E-state index contributed by atoms with van der Waals surface area (Å²) in [5, 5.41) is 0. The fourth-order valence-electron chi connectivity index (χ4n) is 2.10. The Balaban J connectivity index is 2.30. The molecule has 100 valence electrons. The molecule has 1 amide bonds. The molecule has 1 aliphatic rings. The van der Waals surface area contributed by atoms with E-state index in [0.717, 1.165) is 19.5 Å². The number of likely N-dealkylation sites (tertiary alicyclic amines) is 1. The maximum absolute atomic E-state index is 12.9. The van der Waals surface area contributed by atoms with E-state index in [1.807, 2.05) is 6.92 Å². The standard InChI is InChI=1S/C12H22F2N2O/c1-3-7-15(4-2)8-5-11(17)16-9-6-12(13,14)10-16/h3-10H2,1-2H3. The quantitative estimate of drug-likeness (QED) is 0.717. The molecule has 1 fully saturated rings. The van der Waals surface area contributed by atoms with Gasteiger partial charge >= 0.3 is 0 Å². The predicted molar refractivity (Wildman–Crippen MR) is 63.2 cm³/mol. The van der Waals surface area contributed by atoms with E-state index in [1.165, 1.54) is 4.90 Å². The Morgan fingerprint density at radius 1 is 1.35 bits per heavy atom. The molecule has 1 aliphatic heterocycles. The van der Waals surface area contributed by atoms with Crippen molar-refractivity contribution in [3.8, 4) is 0 Å². The molecule has 1 rings (SSSR count). The van der Waals surface area contributed by atoms with Gasteiger partial charge in [0.1, 0.15) is 0 Å². The average molecular weight is 248 g/mol. The van der Waals surface area contributed by atoms with E-state index in [-0.39, 0.29) is 18.9 Å². The minimum absolute atomic E-state index is 0.142. The van der Waals surface area contributed by atoms with E-state index in [9.17, 15) is 13.6 Å². The van der Waals surface area contributed by atoms with Crippen molar-refractivity contribution in [3.05, 3.63) is 0 Å². The molecule has 0 aromatic heterocycles. The predicted octanol–water partition coefficient (Wildman–Crippen LogP) is 1.98. The van der Waals surface area contributed by atoms with Crippen LogP contribution in [0.5, 0.6) is 0 Å². The highest BCUT2D eigenvalue weighted by molar-refractivity contribution is 5.76. The van der Waals surface area contributed by atoms with Gasteiger partial charge in [0.15, 0.2) is 0 Å². The normalized spacial score (nSPS) is 19.0. The summed E-state index contributed by atoms with van der Waals surface area (Å²) in [5.41, 5.74) is 0. The van der Waals surface area contributed by atoms with Crippen LogP contribution in [-0.2, 0) is 4.79 Å². The van der Waals surface area contributed by atoms with Crippen molar-refractivity contribution in [2.24, 2.45) is 0 Å². The Kier molecular flexibility index (Phi) is 5.31. The second-order valence-corrected chi connectivity index (χ2v) is 4.61. The van der Waals surface area contributed by atoms with Gasteiger partial charge in [0.25, 0.3) is 5.92 Å². The number of carbonyl (C=O) groups is 1. The van der Waals surface area contributed by atoms with Gasteiger partial charge in [-0.05, 0) is 19.5 Å². The van der Waals surface area contributed by atoms with E-state index >= 15 is 0 Å². The molecule has 17 heavy (non-hydrogen) atoms. The first-order valence-electron chi connectivity index (χ1n) is 6.36. The largest absolute Gasteiger partial charge is 0.336 e. The SMILES string of the molecule is CCCN(CC)CCC(=O)N1CCC(F)(F)C1. The van der Waals surface area contributed by atoms with Gasteiger partial charge in [0.2, 0.25) is 5.91 Å². The molecule has 1 heterocycles. The molecule has 1 saturated heterocycles. The fourth-order valence-corrected chi connectivity index (χ4v) is 2.10. The summed E-state index contributed by atoms with van der Waals surface area (Å²) < 4.78 is 25.9. The third-order valence-corrected chi connectivity index (χ3v) is 3.15. The van der Waals surface area contributed by atoms with Crippen molar-refractivity contribution in [2.75, 3.05) is 32.7 Å². The van der Waals surface area contributed by atoms with E-state index in [0.29, 0.717) is 13.0 Å². The molecule has 0 unspecified atom stereocenters. The van der Waals surface area contributed by atoms with Crippen LogP contribution in [0.1, 0.15) is 33.1 Å². The van der Waals surface area contributed by atoms with Crippen LogP contribution >= 0.6 is 0 Å². The van der Waals surface area contributed by atoms with Crippen LogP contribution in [0.25, 0.3) is 0 Å². The number of hydrogen-bond donors (Lipinski definition) is 0. The Morgan fingerprint density at radius 2 is 2.06 bits per heavy atom. The molecule has 0 radical (unpaired) electrons. The Labute approximate surface area is 102 Å². The van der Waals surface area contributed by atoms with E-state index in [4.69, 9.17) is 0 Å². The minimum atomic E-state index is -2.68. The minimum Gasteiger partial charge on any atom is -0.336 e. The summed E-state index contributed by atoms with van der Waals surface area (Å²) in [6.07, 6.45) is 1.21. The second kappa shape index (κ2) is 6.28. The van der Waals surface area contributed by atoms with Crippen LogP contribution in [0.15, 0.2) is 0 Å². The Hall–Kier alpha value is -0.710. The summed E-state index contributed by atoms with van der Waals surface area (Å²) in [5.74, 6) is -2.82. The molecule has 3 nitrogen and oxygen atoms in total. The highest BCUT2D eigenvalue weighted by atomic mass is 19.3. The van der Waals surface area contributed by atoms with E-state index in [2.05, 4.69) is 11.8 Å². The first-order chi connectivity index (χ1) is 7.98. The smallest absolute Gasteiger partial charge is 0.267 e. The van der Waals surface area contributed by atoms with E-state index in [1.54, 1.807) is 0 Å². The Bertz CT molecular complexity index is 259. The number of amides is 1. The lowest BCUT2D eigenvalue weighted by Gasteiger charge is -2.21. The molecule has 0 aromatic rings. The van der Waals surface area contributed by atoms with E-state index < -0.39 is 12.5 Å². The van der Waals surface area contributed by atoms with Crippen LogP contribution < -0.4 is 0 Å². The van der Waals surface area contributed by atoms with Crippen LogP contribution in [0.2, 0.25) is 0 Å². The molecule has 0 aromatic carbocycles. The molecule has 0 aliphatic carbocycles. The zero-order valence-electron chi connectivity index (χ0n) is 10.7. The second-order valence-electron chi connectivity index (χ2n) is 4.61. The summed E-state index contributed by atoms with van der Waals surface area (Å²) in [6.45, 7) is 6.47. The van der Waals surface area contributed by atoms with Crippen molar-refractivity contribution in [1.82, 2.24) is 9.80 Å². The summed E-state index contributed by atoms with van der Waals surface area (Å²) in [6, 6.07) is 0. The molecule has 5 heteroatoms. The van der Waals surface area contributed by atoms with Gasteiger partial charge in [-0.1, -0.05) is 13.8 Å². The van der Waals surface area contributed by atoms with Crippen LogP contribution in [0.3, 0.4) is 0 Å². The number of alkyl halides is 2. The van der Waals surface area contributed by atoms with Crippen molar-refractivity contribution >= 4 is 5.91 Å². The molecular weight excluding hydrogens is 226 g/mol. The average Bonchev–Trinajstić information content (AvgIpc) is 2.64. The molecule has 0 spiro atoms. The summed E-state index contributed by atoms with van der Waals surface area (Å²) in [4.78, 5) is 15.2. The highest BCUT2D eigenvalue weighted by Gasteiger charge is 2.39. The van der Waals surface area contributed by atoms with Gasteiger partial charge < -0.3 is 9.80 Å². The number of rotatable bonds is 6. The van der Waals surface area contributed by atoms with Gasteiger partial charge in [0.05, 0.1) is 6.54 Å². The number of halogens is 2. The Morgan fingerprint density at radius 3 is 2.53 bits per heavy atom. The maximum atomic E-state index is 12.9. The number of carbonyl (C=O) groups excluding carboxylic acids is 1. The fraction of sp³-hybridized carbons (Fsp3) is 0.917. The van der Waals surface area contributed by atoms with Crippen molar-refractivity contribution in [1.29, 1.82) is 0 Å². The van der Waals surface area contributed by atoms with Gasteiger partial charge in [-0.25, -0.2) is 8.78 Å². The maximum Gasteiger partial charge on any atom is 0.267 e. The van der Waals surface area contributed by atoms with Gasteiger partial charge in [-0.2, -0.15) is 0 Å². The number of nitrogens with zero attached hydrogens (tertiary/aromatic N) is 2. The van der Waals surface area contributed by atoms with Gasteiger partial charge in [0, 0.05) is 25.9 Å². The highest BCUT2D eigenvalue weighted by Crippen LogP contribution is 2.27. The van der Waals surface area contributed by atoms with Crippen LogP contribution in [0.4, 0.5) is 8.78 Å². The lowest BCUT2D eigenvalue weighted by molar-refractivity contribution is -0.132. The van der Waals surface area contributed by atoms with Gasteiger partial charge in [-0.3, -0.25) is 4.79 Å². The monoisotopic (exact) mass is 248 g/mol. The first-order valence-corrected chi connectivity index (χ1v) is 6.36. The summed E-state index contributed by atoms with van der Waals surface area (Å²) >= 11 is 0. The zero-order chi connectivity index (χ0) is 12.9. The number of hydrogen-bond acceptors (Lipinski definition) is 2. The molecule has 0 atom stereocenters. The van der Waals surface area contributed by atoms with Crippen LogP contribution in [-0.4, -0.2) is 54.4 Å². The molecule has 0 bridgehead atoms. The zero-order valence-corrected chi connectivity index (χ0v) is 10.7. The summed E-state index contributed by atoms with van der Waals surface area (Å²) in [7, 11) is 0. The van der Waals surface area contributed by atoms with Crippen molar-refractivity contribution in [3.63, 3.8) is 0 Å². The third-order valence-electron chi connectivity index (χ3n) is 3.15. The molecule has 0 N–H and O–H groups in total. The van der Waals surface area contributed by atoms with Crippen molar-refractivity contribution < 1.29 is 13.6 Å². The molecular formula is C12H22F2N2O. The van der Waals surface area contributed by atoms with Crippen molar-refractivity contribution in [2.45, 2.75) is 39.0 Å². The van der Waals surface area contributed by atoms with Gasteiger partial charge in [-0.15, -0.1) is 0 Å².